The second-order valence-corrected chi connectivity index (χ2v) is 2.89. The predicted octanol–water partition coefficient (Wildman–Crippen LogP) is 2.08. The van der Waals surface area contributed by atoms with Crippen LogP contribution in [0.3, 0.4) is 0 Å². The van der Waals surface area contributed by atoms with Crippen molar-refractivity contribution in [1.29, 1.82) is 5.26 Å². The zero-order valence-corrected chi connectivity index (χ0v) is 7.25. The van der Waals surface area contributed by atoms with Gasteiger partial charge in [0, 0.05) is 12.4 Å². The van der Waals surface area contributed by atoms with Crippen LogP contribution in [0.2, 0.25) is 0 Å². The molecule has 6 heteroatoms. The standard InChI is InChI=1S/C8H7BF3N2/c10-9(11,12)5-8-6-14-4-2-7(8)1-3-13/h2,4,6H,1,5H2/q-1. The highest BCUT2D eigenvalue weighted by atomic mass is 19.4. The Balaban J connectivity index is 2.91. The molecule has 0 bridgehead atoms. The molecule has 1 heterocycles. The summed E-state index contributed by atoms with van der Waals surface area (Å²) in [4.78, 5) is 3.61. The fourth-order valence-corrected chi connectivity index (χ4v) is 1.15. The van der Waals surface area contributed by atoms with Crippen LogP contribution in [0.4, 0.5) is 12.9 Å². The van der Waals surface area contributed by atoms with Crippen LogP contribution in [0.15, 0.2) is 18.5 Å². The number of pyridine rings is 1. The minimum absolute atomic E-state index is 0.00991. The highest BCUT2D eigenvalue weighted by Gasteiger charge is 2.24. The van der Waals surface area contributed by atoms with E-state index in [1.807, 2.05) is 6.07 Å². The smallest absolute Gasteiger partial charge is 0.449 e. The van der Waals surface area contributed by atoms with Gasteiger partial charge in [-0.3, -0.25) is 4.98 Å². The molecule has 0 aliphatic carbocycles. The molecule has 74 valence electrons. The molecule has 0 saturated heterocycles. The van der Waals surface area contributed by atoms with Gasteiger partial charge in [0.1, 0.15) is 0 Å². The minimum Gasteiger partial charge on any atom is -0.449 e. The van der Waals surface area contributed by atoms with Crippen LogP contribution in [0.25, 0.3) is 0 Å². The fourth-order valence-electron chi connectivity index (χ4n) is 1.15. The Kier molecular flexibility index (Phi) is 3.12. The number of rotatable bonds is 3. The lowest BCUT2D eigenvalue weighted by Crippen LogP contribution is -2.20. The molecule has 0 aliphatic heterocycles. The summed E-state index contributed by atoms with van der Waals surface area (Å²) in [6.07, 6.45) is 1.58. The van der Waals surface area contributed by atoms with Gasteiger partial charge in [-0.1, -0.05) is 11.9 Å². The van der Waals surface area contributed by atoms with Crippen molar-refractivity contribution in [2.75, 3.05) is 0 Å². The van der Waals surface area contributed by atoms with Gasteiger partial charge in [-0.05, 0) is 11.6 Å². The summed E-state index contributed by atoms with van der Waals surface area (Å²) in [6.45, 7) is -4.86. The van der Waals surface area contributed by atoms with Gasteiger partial charge in [0.2, 0.25) is 0 Å². The third-order valence-electron chi connectivity index (χ3n) is 1.73. The summed E-state index contributed by atoms with van der Waals surface area (Å²) >= 11 is 0. The average Bonchev–Trinajstić information content (AvgIpc) is 2.06. The van der Waals surface area contributed by atoms with Gasteiger partial charge < -0.3 is 12.9 Å². The van der Waals surface area contributed by atoms with Crippen LogP contribution in [-0.4, -0.2) is 12.0 Å². The van der Waals surface area contributed by atoms with E-state index in [2.05, 4.69) is 4.98 Å². The predicted molar refractivity (Wildman–Crippen MR) is 46.3 cm³/mol. The second-order valence-electron chi connectivity index (χ2n) is 2.89. The zero-order valence-electron chi connectivity index (χ0n) is 7.25. The van der Waals surface area contributed by atoms with Gasteiger partial charge in [0.05, 0.1) is 12.5 Å². The lowest BCUT2D eigenvalue weighted by molar-refractivity contribution is 0.468. The number of nitrogens with zero attached hydrogens (tertiary/aromatic N) is 2. The first kappa shape index (κ1) is 10.6. The molecule has 0 atom stereocenters. The number of nitriles is 1. The number of aromatic nitrogens is 1. The first-order valence-corrected chi connectivity index (χ1v) is 4.02. The van der Waals surface area contributed by atoms with Gasteiger partial charge in [-0.25, -0.2) is 0 Å². The van der Waals surface area contributed by atoms with Crippen molar-refractivity contribution in [2.24, 2.45) is 0 Å². The lowest BCUT2D eigenvalue weighted by Gasteiger charge is -2.14. The molecule has 0 aliphatic rings. The molecule has 0 amide bonds. The Labute approximate surface area is 79.4 Å². The maximum atomic E-state index is 12.1. The summed E-state index contributed by atoms with van der Waals surface area (Å²) in [6, 6.07) is 3.27. The molecular weight excluding hydrogens is 192 g/mol. The number of halogens is 3. The Morgan fingerprint density at radius 1 is 1.36 bits per heavy atom. The summed E-state index contributed by atoms with van der Waals surface area (Å²) in [5.74, 6) is 0. The molecule has 0 saturated carbocycles. The Morgan fingerprint density at radius 3 is 2.64 bits per heavy atom. The quantitative estimate of drug-likeness (QED) is 0.698. The van der Waals surface area contributed by atoms with Crippen molar-refractivity contribution >= 4 is 6.98 Å². The van der Waals surface area contributed by atoms with Crippen molar-refractivity contribution in [1.82, 2.24) is 4.98 Å². The molecule has 14 heavy (non-hydrogen) atoms. The summed E-state index contributed by atoms with van der Waals surface area (Å²) in [5.41, 5.74) is 0.503. The van der Waals surface area contributed by atoms with E-state index < -0.39 is 13.3 Å². The Bertz CT molecular complexity index is 356. The first-order chi connectivity index (χ1) is 6.53. The summed E-state index contributed by atoms with van der Waals surface area (Å²) in [5, 5.41) is 8.40. The second kappa shape index (κ2) is 4.14. The highest BCUT2D eigenvalue weighted by molar-refractivity contribution is 6.57. The topological polar surface area (TPSA) is 36.7 Å². The van der Waals surface area contributed by atoms with Crippen molar-refractivity contribution in [3.05, 3.63) is 29.6 Å². The van der Waals surface area contributed by atoms with Crippen LogP contribution >= 0.6 is 0 Å². The van der Waals surface area contributed by atoms with Crippen molar-refractivity contribution in [3.63, 3.8) is 0 Å². The minimum atomic E-state index is -4.86. The van der Waals surface area contributed by atoms with E-state index in [9.17, 15) is 12.9 Å². The van der Waals surface area contributed by atoms with Crippen LogP contribution in [0.1, 0.15) is 11.1 Å². The summed E-state index contributed by atoms with van der Waals surface area (Å²) in [7, 11) is 0. The van der Waals surface area contributed by atoms with E-state index in [0.717, 1.165) is 0 Å². The molecule has 0 spiro atoms. The van der Waals surface area contributed by atoms with Crippen LogP contribution < -0.4 is 0 Å². The van der Waals surface area contributed by atoms with Crippen molar-refractivity contribution < 1.29 is 12.9 Å². The zero-order chi connectivity index (χ0) is 10.6. The average molecular weight is 199 g/mol. The molecule has 2 nitrogen and oxygen atoms in total. The maximum absolute atomic E-state index is 12.1. The van der Waals surface area contributed by atoms with Crippen molar-refractivity contribution in [3.8, 4) is 6.07 Å². The van der Waals surface area contributed by atoms with E-state index in [4.69, 9.17) is 5.26 Å². The molecule has 0 unspecified atom stereocenters. The summed E-state index contributed by atoms with van der Waals surface area (Å²) < 4.78 is 36.3. The fraction of sp³-hybridized carbons (Fsp3) is 0.250. The molecule has 0 N–H and O–H groups in total. The monoisotopic (exact) mass is 199 g/mol. The van der Waals surface area contributed by atoms with Gasteiger partial charge in [-0.15, -0.1) is 0 Å². The van der Waals surface area contributed by atoms with Crippen LogP contribution in [0, 0.1) is 11.3 Å². The van der Waals surface area contributed by atoms with E-state index in [0.29, 0.717) is 5.56 Å². The molecule has 0 aromatic carbocycles. The van der Waals surface area contributed by atoms with Gasteiger partial charge in [0.15, 0.2) is 0 Å². The maximum Gasteiger partial charge on any atom is 0.482 e. The SMILES string of the molecule is N#CCc1ccncc1C[B-](F)(F)F. The third-order valence-corrected chi connectivity index (χ3v) is 1.73. The molecule has 1 rings (SSSR count). The molecule has 1 aromatic heterocycles. The van der Waals surface area contributed by atoms with E-state index >= 15 is 0 Å². The lowest BCUT2D eigenvalue weighted by atomic mass is 9.80. The van der Waals surface area contributed by atoms with E-state index in [1.54, 1.807) is 0 Å². The molecule has 0 fully saturated rings. The molecular formula is C8H7BF3N2-. The highest BCUT2D eigenvalue weighted by Crippen LogP contribution is 2.18. The first-order valence-electron chi connectivity index (χ1n) is 4.02. The largest absolute Gasteiger partial charge is 0.482 e. The van der Waals surface area contributed by atoms with Crippen LogP contribution in [0.5, 0.6) is 0 Å². The van der Waals surface area contributed by atoms with Gasteiger partial charge in [-0.2, -0.15) is 5.26 Å². The number of hydrogen-bond acceptors (Lipinski definition) is 2. The normalized spacial score (nSPS) is 11.0. The van der Waals surface area contributed by atoms with E-state index in [1.165, 1.54) is 18.5 Å². The van der Waals surface area contributed by atoms with E-state index in [-0.39, 0.29) is 12.0 Å². The van der Waals surface area contributed by atoms with Gasteiger partial charge >= 0.3 is 6.98 Å². The molecule has 0 radical (unpaired) electrons. The van der Waals surface area contributed by atoms with Crippen molar-refractivity contribution in [2.45, 2.75) is 12.7 Å². The molecule has 1 aromatic rings. The third kappa shape index (κ3) is 3.09. The van der Waals surface area contributed by atoms with Gasteiger partial charge in [0.25, 0.3) is 0 Å². The Morgan fingerprint density at radius 2 is 2.07 bits per heavy atom. The van der Waals surface area contributed by atoms with Crippen LogP contribution in [-0.2, 0) is 12.7 Å². The number of hydrogen-bond donors (Lipinski definition) is 0. The Hall–Kier alpha value is -1.51.